The largest absolute Gasteiger partial charge is 0.465 e. The number of benzene rings is 1. The quantitative estimate of drug-likeness (QED) is 0.793. The smallest absolute Gasteiger partial charge is 0.407 e. The third-order valence-corrected chi connectivity index (χ3v) is 6.56. The van der Waals surface area contributed by atoms with E-state index in [2.05, 4.69) is 0 Å². The van der Waals surface area contributed by atoms with E-state index in [1.807, 2.05) is 6.07 Å². The van der Waals surface area contributed by atoms with Crippen molar-refractivity contribution in [3.8, 4) is 0 Å². The van der Waals surface area contributed by atoms with E-state index in [-0.39, 0.29) is 29.9 Å². The van der Waals surface area contributed by atoms with Gasteiger partial charge in [-0.3, -0.25) is 4.79 Å². The average molecular weight is 415 g/mol. The molecule has 2 fully saturated rings. The zero-order valence-electron chi connectivity index (χ0n) is 15.1. The molecular formula is C19H24Cl2N2O4. The highest BCUT2D eigenvalue weighted by Crippen LogP contribution is 2.36. The number of likely N-dealkylation sites (tertiary alicyclic amines) is 1. The fourth-order valence-corrected chi connectivity index (χ4v) is 4.46. The van der Waals surface area contributed by atoms with Crippen LogP contribution in [-0.2, 0) is 4.79 Å². The lowest BCUT2D eigenvalue weighted by atomic mass is 9.86. The van der Waals surface area contributed by atoms with Crippen molar-refractivity contribution in [2.24, 2.45) is 5.92 Å². The monoisotopic (exact) mass is 414 g/mol. The highest BCUT2D eigenvalue weighted by Gasteiger charge is 2.42. The second-order valence-electron chi connectivity index (χ2n) is 7.49. The van der Waals surface area contributed by atoms with Crippen LogP contribution in [0.15, 0.2) is 18.2 Å². The maximum atomic E-state index is 13.0. The number of hydrogen-bond acceptors (Lipinski definition) is 3. The molecule has 1 heterocycles. The third kappa shape index (κ3) is 4.33. The average Bonchev–Trinajstić information content (AvgIpc) is 3.08. The number of aliphatic hydroxyl groups excluding tert-OH is 1. The summed E-state index contributed by atoms with van der Waals surface area (Å²) in [5.41, 5.74) is 0.872. The number of rotatable bonds is 3. The van der Waals surface area contributed by atoms with Gasteiger partial charge < -0.3 is 20.0 Å². The molecule has 1 aromatic rings. The first-order valence-electron chi connectivity index (χ1n) is 9.15. The van der Waals surface area contributed by atoms with Gasteiger partial charge in [0, 0.05) is 32.0 Å². The van der Waals surface area contributed by atoms with Crippen molar-refractivity contribution in [2.45, 2.75) is 43.7 Å². The number of hydrogen-bond donors (Lipinski definition) is 2. The lowest BCUT2D eigenvalue weighted by molar-refractivity contribution is -0.136. The molecule has 2 N–H and O–H groups in total. The summed E-state index contributed by atoms with van der Waals surface area (Å²) in [6, 6.07) is 4.94. The normalized spacial score (nSPS) is 28.2. The predicted octanol–water partition coefficient (Wildman–Crippen LogP) is 3.45. The van der Waals surface area contributed by atoms with Crippen LogP contribution in [0.4, 0.5) is 4.79 Å². The summed E-state index contributed by atoms with van der Waals surface area (Å²) in [4.78, 5) is 27.6. The Labute approximate surface area is 168 Å². The van der Waals surface area contributed by atoms with Crippen molar-refractivity contribution in [1.82, 2.24) is 9.80 Å². The topological polar surface area (TPSA) is 81.1 Å². The Balaban J connectivity index is 1.81. The fourth-order valence-electron chi connectivity index (χ4n) is 4.15. The highest BCUT2D eigenvalue weighted by molar-refractivity contribution is 6.42. The molecular weight excluding hydrogens is 391 g/mol. The highest BCUT2D eigenvalue weighted by atomic mass is 35.5. The fraction of sp³-hybridized carbons (Fsp3) is 0.579. The Hall–Kier alpha value is -1.50. The molecule has 27 heavy (non-hydrogen) atoms. The third-order valence-electron chi connectivity index (χ3n) is 5.82. The van der Waals surface area contributed by atoms with E-state index < -0.39 is 6.09 Å². The van der Waals surface area contributed by atoms with Crippen molar-refractivity contribution < 1.29 is 19.8 Å². The van der Waals surface area contributed by atoms with Gasteiger partial charge in [0.25, 0.3) is 0 Å². The Morgan fingerprint density at radius 3 is 2.37 bits per heavy atom. The van der Waals surface area contributed by atoms with E-state index in [0.29, 0.717) is 48.8 Å². The predicted molar refractivity (Wildman–Crippen MR) is 103 cm³/mol. The van der Waals surface area contributed by atoms with Crippen LogP contribution in [0.25, 0.3) is 0 Å². The van der Waals surface area contributed by atoms with Gasteiger partial charge in [-0.05, 0) is 43.4 Å². The van der Waals surface area contributed by atoms with Gasteiger partial charge in [-0.15, -0.1) is 0 Å². The standard InChI is InChI=1S/C19H24Cl2N2O4/c1-22(19(26)27)17-10-23(18(25)11-2-5-13(24)6-3-11)9-14(17)12-4-7-15(20)16(21)8-12/h4,7-8,11,13-14,17,24H,2-3,5-6,9-10H2,1H3,(H,26,27)/t11-,13-,14-,17+/m1/s1. The molecule has 2 amide bonds. The maximum Gasteiger partial charge on any atom is 0.407 e. The van der Waals surface area contributed by atoms with Gasteiger partial charge in [-0.25, -0.2) is 4.79 Å². The number of aliphatic hydroxyl groups is 1. The van der Waals surface area contributed by atoms with E-state index >= 15 is 0 Å². The van der Waals surface area contributed by atoms with Crippen LogP contribution in [0.5, 0.6) is 0 Å². The van der Waals surface area contributed by atoms with Crippen LogP contribution >= 0.6 is 23.2 Å². The minimum absolute atomic E-state index is 0.0493. The zero-order valence-corrected chi connectivity index (χ0v) is 16.7. The molecule has 8 heteroatoms. The van der Waals surface area contributed by atoms with Gasteiger partial charge in [-0.2, -0.15) is 0 Å². The molecule has 0 spiro atoms. The van der Waals surface area contributed by atoms with Gasteiger partial charge in [0.15, 0.2) is 0 Å². The zero-order chi connectivity index (χ0) is 19.7. The van der Waals surface area contributed by atoms with E-state index in [4.69, 9.17) is 23.2 Å². The Kier molecular flexibility index (Phi) is 6.18. The number of carbonyl (C=O) groups is 2. The van der Waals surface area contributed by atoms with Crippen molar-refractivity contribution in [3.05, 3.63) is 33.8 Å². The van der Waals surface area contributed by atoms with Gasteiger partial charge in [0.2, 0.25) is 5.91 Å². The minimum atomic E-state index is -1.03. The summed E-state index contributed by atoms with van der Waals surface area (Å²) in [7, 11) is 1.53. The van der Waals surface area contributed by atoms with Crippen LogP contribution in [0, 0.1) is 5.92 Å². The second-order valence-corrected chi connectivity index (χ2v) is 8.30. The molecule has 3 rings (SSSR count). The molecule has 1 aliphatic carbocycles. The molecule has 2 aliphatic rings. The lowest BCUT2D eigenvalue weighted by Gasteiger charge is -2.29. The molecule has 1 aliphatic heterocycles. The summed E-state index contributed by atoms with van der Waals surface area (Å²) in [6.45, 7) is 0.795. The maximum absolute atomic E-state index is 13.0. The van der Waals surface area contributed by atoms with Crippen LogP contribution < -0.4 is 0 Å². The molecule has 1 saturated heterocycles. The first kappa shape index (κ1) is 20.2. The minimum Gasteiger partial charge on any atom is -0.465 e. The summed E-state index contributed by atoms with van der Waals surface area (Å²) < 4.78 is 0. The van der Waals surface area contributed by atoms with Crippen molar-refractivity contribution >= 4 is 35.2 Å². The molecule has 0 bridgehead atoms. The number of halogens is 2. The van der Waals surface area contributed by atoms with Crippen LogP contribution in [0.1, 0.15) is 37.2 Å². The number of amides is 2. The van der Waals surface area contributed by atoms with Crippen molar-refractivity contribution in [2.75, 3.05) is 20.1 Å². The number of likely N-dealkylation sites (N-methyl/N-ethyl adjacent to an activating group) is 1. The number of nitrogens with zero attached hydrogens (tertiary/aromatic N) is 2. The molecule has 6 nitrogen and oxygen atoms in total. The van der Waals surface area contributed by atoms with Crippen molar-refractivity contribution in [1.29, 1.82) is 0 Å². The summed E-state index contributed by atoms with van der Waals surface area (Å²) in [5, 5.41) is 20.0. The number of carboxylic acid groups (broad SMARTS) is 1. The molecule has 0 unspecified atom stereocenters. The van der Waals surface area contributed by atoms with Gasteiger partial charge in [0.05, 0.1) is 22.2 Å². The first-order chi connectivity index (χ1) is 12.8. The second kappa shape index (κ2) is 8.25. The van der Waals surface area contributed by atoms with Gasteiger partial charge in [0.1, 0.15) is 0 Å². The van der Waals surface area contributed by atoms with E-state index in [1.165, 1.54) is 11.9 Å². The SMILES string of the molecule is CN(C(=O)O)[C@H]1CN(C(=O)[C@H]2CC[C@H](O)CC2)C[C@@H]1c1ccc(Cl)c(Cl)c1. The van der Waals surface area contributed by atoms with E-state index in [9.17, 15) is 19.8 Å². The lowest BCUT2D eigenvalue weighted by Crippen LogP contribution is -2.42. The van der Waals surface area contributed by atoms with Crippen LogP contribution in [-0.4, -0.2) is 64.3 Å². The summed E-state index contributed by atoms with van der Waals surface area (Å²) in [6.07, 6.45) is 1.28. The van der Waals surface area contributed by atoms with E-state index in [0.717, 1.165) is 5.56 Å². The van der Waals surface area contributed by atoms with Crippen LogP contribution in [0.2, 0.25) is 10.0 Å². The van der Waals surface area contributed by atoms with Gasteiger partial charge >= 0.3 is 6.09 Å². The van der Waals surface area contributed by atoms with E-state index in [1.54, 1.807) is 17.0 Å². The molecule has 2 atom stereocenters. The first-order valence-corrected chi connectivity index (χ1v) is 9.91. The molecule has 0 radical (unpaired) electrons. The van der Waals surface area contributed by atoms with Gasteiger partial charge in [-0.1, -0.05) is 29.3 Å². The molecule has 1 aromatic carbocycles. The Morgan fingerprint density at radius 2 is 1.78 bits per heavy atom. The van der Waals surface area contributed by atoms with Crippen LogP contribution in [0.3, 0.4) is 0 Å². The van der Waals surface area contributed by atoms with Crippen molar-refractivity contribution in [3.63, 3.8) is 0 Å². The Morgan fingerprint density at radius 1 is 1.11 bits per heavy atom. The summed E-state index contributed by atoms with van der Waals surface area (Å²) in [5.74, 6) is -0.219. The number of carbonyl (C=O) groups excluding carboxylic acids is 1. The summed E-state index contributed by atoms with van der Waals surface area (Å²) >= 11 is 12.2. The molecule has 148 valence electrons. The molecule has 1 saturated carbocycles. The Bertz CT molecular complexity index is 722. The molecule has 0 aromatic heterocycles.